The van der Waals surface area contributed by atoms with Gasteiger partial charge in [0.15, 0.2) is 0 Å². The van der Waals surface area contributed by atoms with Gasteiger partial charge in [0.05, 0.1) is 6.61 Å². The number of nitrogens with one attached hydrogen (secondary N) is 1. The first-order chi connectivity index (χ1) is 9.74. The topological polar surface area (TPSA) is 21.3 Å². The fourth-order valence-electron chi connectivity index (χ4n) is 2.74. The molecule has 0 amide bonds. The number of hydrogen-bond acceptors (Lipinski definition) is 2. The predicted molar refractivity (Wildman–Crippen MR) is 86.5 cm³/mol. The van der Waals surface area contributed by atoms with Gasteiger partial charge >= 0.3 is 0 Å². The van der Waals surface area contributed by atoms with E-state index in [0.29, 0.717) is 0 Å². The normalized spacial score (nSPS) is 16.4. The third-order valence-electron chi connectivity index (χ3n) is 4.12. The lowest BCUT2D eigenvalue weighted by molar-refractivity contribution is 0.209. The Morgan fingerprint density at radius 2 is 1.80 bits per heavy atom. The van der Waals surface area contributed by atoms with Gasteiger partial charge in [-0.05, 0) is 55.4 Å². The van der Waals surface area contributed by atoms with Crippen molar-refractivity contribution in [1.82, 2.24) is 0 Å². The molecule has 2 nitrogen and oxygen atoms in total. The van der Waals surface area contributed by atoms with Gasteiger partial charge in [0.25, 0.3) is 0 Å². The van der Waals surface area contributed by atoms with Gasteiger partial charge < -0.3 is 10.1 Å². The summed E-state index contributed by atoms with van der Waals surface area (Å²) >= 11 is 0. The van der Waals surface area contributed by atoms with Crippen LogP contribution in [0.2, 0.25) is 0 Å². The fourth-order valence-corrected chi connectivity index (χ4v) is 2.74. The quantitative estimate of drug-likeness (QED) is 0.747. The Balaban J connectivity index is 1.70. The fraction of sp³-hybridized carbons (Fsp3) is 0.667. The summed E-state index contributed by atoms with van der Waals surface area (Å²) in [5.74, 6) is 2.53. The zero-order valence-electron chi connectivity index (χ0n) is 13.0. The second kappa shape index (κ2) is 8.18. The summed E-state index contributed by atoms with van der Waals surface area (Å²) in [6.45, 7) is 6.44. The van der Waals surface area contributed by atoms with Gasteiger partial charge in [-0.15, -0.1) is 0 Å². The third kappa shape index (κ3) is 5.44. The van der Waals surface area contributed by atoms with Crippen molar-refractivity contribution in [3.8, 4) is 5.75 Å². The highest BCUT2D eigenvalue weighted by Gasteiger charge is 2.13. The zero-order valence-corrected chi connectivity index (χ0v) is 13.0. The summed E-state index contributed by atoms with van der Waals surface area (Å²) in [6.07, 6.45) is 8.07. The van der Waals surface area contributed by atoms with E-state index < -0.39 is 0 Å². The van der Waals surface area contributed by atoms with E-state index in [1.165, 1.54) is 44.2 Å². The molecule has 0 saturated heterocycles. The Morgan fingerprint density at radius 1 is 1.10 bits per heavy atom. The van der Waals surface area contributed by atoms with E-state index in [-0.39, 0.29) is 0 Å². The van der Waals surface area contributed by atoms with Crippen LogP contribution < -0.4 is 10.1 Å². The lowest BCUT2D eigenvalue weighted by Crippen LogP contribution is -2.15. The zero-order chi connectivity index (χ0) is 14.2. The first kappa shape index (κ1) is 15.2. The molecule has 2 heteroatoms. The van der Waals surface area contributed by atoms with Gasteiger partial charge in [-0.25, -0.2) is 0 Å². The molecule has 1 fully saturated rings. The van der Waals surface area contributed by atoms with Crippen LogP contribution in [0, 0.1) is 11.8 Å². The molecule has 0 aromatic heterocycles. The largest absolute Gasteiger partial charge is 0.493 e. The van der Waals surface area contributed by atoms with Crippen LogP contribution in [-0.2, 0) is 0 Å². The average Bonchev–Trinajstić information content (AvgIpc) is 2.47. The lowest BCUT2D eigenvalue weighted by atomic mass is 9.90. The van der Waals surface area contributed by atoms with Crippen LogP contribution in [0.25, 0.3) is 0 Å². The average molecular weight is 275 g/mol. The van der Waals surface area contributed by atoms with Gasteiger partial charge in [0.1, 0.15) is 5.75 Å². The summed E-state index contributed by atoms with van der Waals surface area (Å²) in [5, 5.41) is 3.45. The molecule has 1 aliphatic carbocycles. The molecule has 1 aromatic carbocycles. The summed E-state index contributed by atoms with van der Waals surface area (Å²) in [4.78, 5) is 0. The second-order valence-corrected chi connectivity index (χ2v) is 6.45. The molecule has 1 aromatic rings. The summed E-state index contributed by atoms with van der Waals surface area (Å²) in [5.41, 5.74) is 1.19. The highest BCUT2D eigenvalue weighted by Crippen LogP contribution is 2.25. The van der Waals surface area contributed by atoms with E-state index in [2.05, 4.69) is 43.4 Å². The van der Waals surface area contributed by atoms with E-state index in [1.807, 2.05) is 0 Å². The Morgan fingerprint density at radius 3 is 2.45 bits per heavy atom. The summed E-state index contributed by atoms with van der Waals surface area (Å²) < 4.78 is 5.92. The van der Waals surface area contributed by atoms with E-state index in [0.717, 1.165) is 30.7 Å². The summed E-state index contributed by atoms with van der Waals surface area (Å²) in [6, 6.07) is 8.41. The Bertz CT molecular complexity index is 366. The van der Waals surface area contributed by atoms with Crippen LogP contribution >= 0.6 is 0 Å². The van der Waals surface area contributed by atoms with E-state index in [1.54, 1.807) is 0 Å². The minimum absolute atomic E-state index is 0.751. The molecule has 1 saturated carbocycles. The SMILES string of the molecule is CC(C)CCNc1ccc(OCC2CCCCC2)cc1. The van der Waals surface area contributed by atoms with Crippen molar-refractivity contribution in [2.75, 3.05) is 18.5 Å². The van der Waals surface area contributed by atoms with E-state index >= 15 is 0 Å². The number of ether oxygens (including phenoxy) is 1. The molecule has 112 valence electrons. The highest BCUT2D eigenvalue weighted by molar-refractivity contribution is 5.46. The van der Waals surface area contributed by atoms with Crippen LogP contribution in [0.4, 0.5) is 5.69 Å². The molecule has 0 bridgehead atoms. The predicted octanol–water partition coefficient (Wildman–Crippen LogP) is 5.10. The van der Waals surface area contributed by atoms with Crippen molar-refractivity contribution in [3.63, 3.8) is 0 Å². The maximum Gasteiger partial charge on any atom is 0.119 e. The number of rotatable bonds is 7. The van der Waals surface area contributed by atoms with Crippen LogP contribution in [0.5, 0.6) is 5.75 Å². The van der Waals surface area contributed by atoms with Crippen LogP contribution in [0.3, 0.4) is 0 Å². The van der Waals surface area contributed by atoms with Crippen LogP contribution in [0.1, 0.15) is 52.4 Å². The van der Waals surface area contributed by atoms with E-state index in [9.17, 15) is 0 Å². The second-order valence-electron chi connectivity index (χ2n) is 6.45. The number of anilines is 1. The molecular formula is C18H29NO. The Hall–Kier alpha value is -1.18. The Kier molecular flexibility index (Phi) is 6.23. The van der Waals surface area contributed by atoms with Crippen molar-refractivity contribution in [2.24, 2.45) is 11.8 Å². The van der Waals surface area contributed by atoms with Crippen LogP contribution in [0.15, 0.2) is 24.3 Å². The molecule has 0 heterocycles. The highest BCUT2D eigenvalue weighted by atomic mass is 16.5. The minimum atomic E-state index is 0.751. The smallest absolute Gasteiger partial charge is 0.119 e. The molecule has 1 aliphatic rings. The van der Waals surface area contributed by atoms with Gasteiger partial charge in [-0.3, -0.25) is 0 Å². The molecule has 20 heavy (non-hydrogen) atoms. The molecule has 2 rings (SSSR count). The van der Waals surface area contributed by atoms with Crippen LogP contribution in [-0.4, -0.2) is 13.2 Å². The van der Waals surface area contributed by atoms with Crippen molar-refractivity contribution in [1.29, 1.82) is 0 Å². The third-order valence-corrected chi connectivity index (χ3v) is 4.12. The van der Waals surface area contributed by atoms with Crippen molar-refractivity contribution in [2.45, 2.75) is 52.4 Å². The van der Waals surface area contributed by atoms with Gasteiger partial charge in [0.2, 0.25) is 0 Å². The van der Waals surface area contributed by atoms with Crippen molar-refractivity contribution < 1.29 is 4.74 Å². The molecular weight excluding hydrogens is 246 g/mol. The molecule has 0 spiro atoms. The maximum atomic E-state index is 5.92. The number of benzene rings is 1. The molecule has 1 N–H and O–H groups in total. The molecule has 0 radical (unpaired) electrons. The minimum Gasteiger partial charge on any atom is -0.493 e. The standard InChI is InChI=1S/C18H29NO/c1-15(2)12-13-19-17-8-10-18(11-9-17)20-14-16-6-4-3-5-7-16/h8-11,15-16,19H,3-7,12-14H2,1-2H3. The molecule has 0 aliphatic heterocycles. The van der Waals surface area contributed by atoms with Crippen molar-refractivity contribution >= 4 is 5.69 Å². The molecule has 0 unspecified atom stereocenters. The van der Waals surface area contributed by atoms with Crippen molar-refractivity contribution in [3.05, 3.63) is 24.3 Å². The number of hydrogen-bond donors (Lipinski definition) is 1. The van der Waals surface area contributed by atoms with E-state index in [4.69, 9.17) is 4.74 Å². The summed E-state index contributed by atoms with van der Waals surface area (Å²) in [7, 11) is 0. The van der Waals surface area contributed by atoms with Gasteiger partial charge in [0, 0.05) is 12.2 Å². The van der Waals surface area contributed by atoms with Gasteiger partial charge in [-0.1, -0.05) is 33.1 Å². The molecule has 0 atom stereocenters. The maximum absolute atomic E-state index is 5.92. The van der Waals surface area contributed by atoms with Gasteiger partial charge in [-0.2, -0.15) is 0 Å². The first-order valence-corrected chi connectivity index (χ1v) is 8.21. The Labute approximate surface area is 123 Å². The first-order valence-electron chi connectivity index (χ1n) is 8.21. The monoisotopic (exact) mass is 275 g/mol. The lowest BCUT2D eigenvalue weighted by Gasteiger charge is -2.21.